The van der Waals surface area contributed by atoms with Crippen molar-refractivity contribution >= 4 is 27.5 Å². The van der Waals surface area contributed by atoms with Crippen molar-refractivity contribution in [3.8, 4) is 5.75 Å². The normalized spacial score (nSPS) is 10.7. The maximum absolute atomic E-state index is 11.9. The van der Waals surface area contributed by atoms with E-state index in [4.69, 9.17) is 5.11 Å². The van der Waals surface area contributed by atoms with Crippen molar-refractivity contribution in [3.05, 3.63) is 54.6 Å². The SMILES string of the molecule is O=C(Nc1ccc(O)cc1)C(=O)NS(=O)(=O)c1ccccc1. The first-order valence-electron chi connectivity index (χ1n) is 6.11. The number of nitrogens with one attached hydrogen (secondary N) is 2. The van der Waals surface area contributed by atoms with Crippen LogP contribution in [0.4, 0.5) is 5.69 Å². The summed E-state index contributed by atoms with van der Waals surface area (Å²) in [6, 6.07) is 12.6. The number of sulfonamides is 1. The van der Waals surface area contributed by atoms with E-state index in [1.54, 1.807) is 10.8 Å². The first-order chi connectivity index (χ1) is 10.4. The Morgan fingerprint density at radius 2 is 1.45 bits per heavy atom. The molecule has 7 nitrogen and oxygen atoms in total. The van der Waals surface area contributed by atoms with Crippen molar-refractivity contribution in [2.24, 2.45) is 0 Å². The summed E-state index contributed by atoms with van der Waals surface area (Å²) in [6.45, 7) is 0. The molecule has 0 heterocycles. The number of amides is 2. The van der Waals surface area contributed by atoms with Crippen molar-refractivity contribution in [1.82, 2.24) is 4.72 Å². The molecule has 0 aliphatic rings. The highest BCUT2D eigenvalue weighted by molar-refractivity contribution is 7.90. The third-order valence-corrected chi connectivity index (χ3v) is 3.96. The lowest BCUT2D eigenvalue weighted by Crippen LogP contribution is -2.39. The summed E-state index contributed by atoms with van der Waals surface area (Å²) in [7, 11) is -4.10. The standard InChI is InChI=1S/C14H12N2O5S/c17-11-8-6-10(7-9-11)15-13(18)14(19)16-22(20,21)12-4-2-1-3-5-12/h1-9,17H,(H,15,18)(H,16,19). The van der Waals surface area contributed by atoms with Crippen molar-refractivity contribution in [3.63, 3.8) is 0 Å². The minimum absolute atomic E-state index is 0.00546. The van der Waals surface area contributed by atoms with E-state index in [2.05, 4.69) is 5.32 Å². The molecule has 0 radical (unpaired) electrons. The number of phenols is 1. The number of phenolic OH excluding ortho intramolecular Hbond substituents is 1. The molecule has 0 aliphatic heterocycles. The van der Waals surface area contributed by atoms with Gasteiger partial charge in [-0.3, -0.25) is 9.59 Å². The Balaban J connectivity index is 2.05. The molecule has 2 amide bonds. The Bertz CT molecular complexity index is 786. The summed E-state index contributed by atoms with van der Waals surface area (Å²) < 4.78 is 25.5. The fourth-order valence-corrected chi connectivity index (χ4v) is 2.53. The number of carbonyl (C=O) groups excluding carboxylic acids is 2. The van der Waals surface area contributed by atoms with E-state index < -0.39 is 21.8 Å². The highest BCUT2D eigenvalue weighted by Gasteiger charge is 2.22. The van der Waals surface area contributed by atoms with Gasteiger partial charge in [0, 0.05) is 5.69 Å². The van der Waals surface area contributed by atoms with E-state index >= 15 is 0 Å². The summed E-state index contributed by atoms with van der Waals surface area (Å²) >= 11 is 0. The Labute approximate surface area is 126 Å². The van der Waals surface area contributed by atoms with Gasteiger partial charge in [0.05, 0.1) is 4.90 Å². The molecule has 8 heteroatoms. The van der Waals surface area contributed by atoms with Crippen LogP contribution in [-0.2, 0) is 19.6 Å². The van der Waals surface area contributed by atoms with Gasteiger partial charge in [-0.15, -0.1) is 0 Å². The van der Waals surface area contributed by atoms with Gasteiger partial charge in [-0.1, -0.05) is 18.2 Å². The Morgan fingerprint density at radius 1 is 0.864 bits per heavy atom. The second-order valence-electron chi connectivity index (χ2n) is 4.25. The molecule has 0 saturated heterocycles. The molecule has 2 aromatic carbocycles. The second-order valence-corrected chi connectivity index (χ2v) is 5.93. The van der Waals surface area contributed by atoms with Crippen molar-refractivity contribution in [1.29, 1.82) is 0 Å². The smallest absolute Gasteiger partial charge is 0.323 e. The van der Waals surface area contributed by atoms with Crippen LogP contribution in [0.15, 0.2) is 59.5 Å². The van der Waals surface area contributed by atoms with Gasteiger partial charge in [0.25, 0.3) is 10.0 Å². The van der Waals surface area contributed by atoms with Crippen molar-refractivity contribution < 1.29 is 23.1 Å². The molecule has 0 spiro atoms. The molecule has 2 aromatic rings. The third-order valence-electron chi connectivity index (χ3n) is 2.61. The zero-order valence-corrected chi connectivity index (χ0v) is 12.0. The molecular weight excluding hydrogens is 308 g/mol. The van der Waals surface area contributed by atoms with Crippen LogP contribution in [0.5, 0.6) is 5.75 Å². The molecule has 2 rings (SSSR count). The second kappa shape index (κ2) is 6.27. The van der Waals surface area contributed by atoms with Crippen LogP contribution in [0.1, 0.15) is 0 Å². The Hall–Kier alpha value is -2.87. The van der Waals surface area contributed by atoms with Gasteiger partial charge in [0.1, 0.15) is 5.75 Å². The summed E-state index contributed by atoms with van der Waals surface area (Å²) in [4.78, 5) is 23.2. The zero-order chi connectivity index (χ0) is 16.2. The molecule has 0 fully saturated rings. The summed E-state index contributed by atoms with van der Waals surface area (Å²) in [5.74, 6) is -2.45. The molecule has 0 aromatic heterocycles. The quantitative estimate of drug-likeness (QED) is 0.573. The lowest BCUT2D eigenvalue weighted by molar-refractivity contribution is -0.135. The molecule has 0 bridgehead atoms. The number of hydrogen-bond acceptors (Lipinski definition) is 5. The Kier molecular flexibility index (Phi) is 4.42. The molecule has 0 atom stereocenters. The van der Waals surface area contributed by atoms with Gasteiger partial charge >= 0.3 is 11.8 Å². The van der Waals surface area contributed by atoms with Crippen LogP contribution in [0, 0.1) is 0 Å². The molecule has 114 valence electrons. The van der Waals surface area contributed by atoms with Crippen molar-refractivity contribution in [2.45, 2.75) is 4.90 Å². The monoisotopic (exact) mass is 320 g/mol. The average Bonchev–Trinajstić information content (AvgIpc) is 2.50. The van der Waals surface area contributed by atoms with Gasteiger partial charge in [0.2, 0.25) is 0 Å². The highest BCUT2D eigenvalue weighted by Crippen LogP contribution is 2.13. The van der Waals surface area contributed by atoms with E-state index in [9.17, 15) is 18.0 Å². The van der Waals surface area contributed by atoms with Gasteiger partial charge in [-0.05, 0) is 36.4 Å². The molecule has 0 unspecified atom stereocenters. The highest BCUT2D eigenvalue weighted by atomic mass is 32.2. The van der Waals surface area contributed by atoms with Gasteiger partial charge in [0.15, 0.2) is 0 Å². The van der Waals surface area contributed by atoms with Gasteiger partial charge < -0.3 is 10.4 Å². The largest absolute Gasteiger partial charge is 0.508 e. The van der Waals surface area contributed by atoms with Crippen LogP contribution in [-0.4, -0.2) is 25.3 Å². The first kappa shape index (κ1) is 15.5. The predicted octanol–water partition coefficient (Wildman–Crippen LogP) is 0.836. The third kappa shape index (κ3) is 3.83. The number of rotatable bonds is 3. The minimum Gasteiger partial charge on any atom is -0.508 e. The lowest BCUT2D eigenvalue weighted by Gasteiger charge is -2.07. The van der Waals surface area contributed by atoms with Crippen LogP contribution in [0.3, 0.4) is 0 Å². The number of benzene rings is 2. The molecule has 22 heavy (non-hydrogen) atoms. The van der Waals surface area contributed by atoms with Gasteiger partial charge in [-0.25, -0.2) is 13.1 Å². The van der Waals surface area contributed by atoms with Crippen LogP contribution in [0.25, 0.3) is 0 Å². The van der Waals surface area contributed by atoms with E-state index in [0.717, 1.165) is 0 Å². The zero-order valence-electron chi connectivity index (χ0n) is 11.2. The van der Waals surface area contributed by atoms with E-state index in [1.807, 2.05) is 0 Å². The number of hydrogen-bond donors (Lipinski definition) is 3. The van der Waals surface area contributed by atoms with Crippen LogP contribution in [0.2, 0.25) is 0 Å². The number of anilines is 1. The average molecular weight is 320 g/mol. The van der Waals surface area contributed by atoms with Crippen molar-refractivity contribution in [2.75, 3.05) is 5.32 Å². The fraction of sp³-hybridized carbons (Fsp3) is 0. The fourth-order valence-electron chi connectivity index (χ4n) is 1.56. The van der Waals surface area contributed by atoms with E-state index in [-0.39, 0.29) is 16.3 Å². The molecule has 0 saturated carbocycles. The van der Waals surface area contributed by atoms with Crippen LogP contribution < -0.4 is 10.0 Å². The van der Waals surface area contributed by atoms with Gasteiger partial charge in [-0.2, -0.15) is 0 Å². The topological polar surface area (TPSA) is 113 Å². The predicted molar refractivity (Wildman–Crippen MR) is 78.5 cm³/mol. The first-order valence-corrected chi connectivity index (χ1v) is 7.59. The van der Waals surface area contributed by atoms with Crippen LogP contribution >= 0.6 is 0 Å². The minimum atomic E-state index is -4.10. The molecule has 3 N–H and O–H groups in total. The lowest BCUT2D eigenvalue weighted by atomic mass is 10.3. The molecular formula is C14H12N2O5S. The Morgan fingerprint density at radius 3 is 2.05 bits per heavy atom. The number of carbonyl (C=O) groups is 2. The maximum Gasteiger partial charge on any atom is 0.323 e. The molecule has 0 aliphatic carbocycles. The summed E-state index contributed by atoms with van der Waals surface area (Å²) in [5, 5.41) is 11.3. The van der Waals surface area contributed by atoms with E-state index in [1.165, 1.54) is 48.5 Å². The van der Waals surface area contributed by atoms with E-state index in [0.29, 0.717) is 0 Å². The maximum atomic E-state index is 11.9. The summed E-state index contributed by atoms with van der Waals surface area (Å²) in [6.07, 6.45) is 0. The number of aromatic hydroxyl groups is 1. The summed E-state index contributed by atoms with van der Waals surface area (Å²) in [5.41, 5.74) is 0.245.